The highest BCUT2D eigenvalue weighted by molar-refractivity contribution is 6.31. The van der Waals surface area contributed by atoms with Gasteiger partial charge in [0.15, 0.2) is 0 Å². The molecule has 0 saturated carbocycles. The maximum atomic E-state index is 12.4. The van der Waals surface area contributed by atoms with Crippen molar-refractivity contribution >= 4 is 29.1 Å². The van der Waals surface area contributed by atoms with Crippen LogP contribution >= 0.6 is 11.6 Å². The summed E-state index contributed by atoms with van der Waals surface area (Å²) in [6.45, 7) is 2.59. The van der Waals surface area contributed by atoms with Gasteiger partial charge in [-0.25, -0.2) is 9.97 Å². The lowest BCUT2D eigenvalue weighted by atomic mass is 10.1. The normalized spacial score (nSPS) is 10.4. The van der Waals surface area contributed by atoms with Crippen molar-refractivity contribution in [1.29, 1.82) is 0 Å². The van der Waals surface area contributed by atoms with Gasteiger partial charge in [0.25, 0.3) is 5.91 Å². The van der Waals surface area contributed by atoms with Crippen LogP contribution in [0.2, 0.25) is 5.02 Å². The van der Waals surface area contributed by atoms with E-state index in [1.165, 1.54) is 5.56 Å². The van der Waals surface area contributed by atoms with Gasteiger partial charge in [-0.15, -0.1) is 0 Å². The van der Waals surface area contributed by atoms with E-state index in [1.54, 1.807) is 24.4 Å². The predicted molar refractivity (Wildman–Crippen MR) is 105 cm³/mol. The smallest absolute Gasteiger partial charge is 0.274 e. The Bertz CT molecular complexity index is 899. The molecule has 26 heavy (non-hydrogen) atoms. The topological polar surface area (TPSA) is 66.9 Å². The van der Waals surface area contributed by atoms with Gasteiger partial charge >= 0.3 is 0 Å². The van der Waals surface area contributed by atoms with Gasteiger partial charge in [-0.3, -0.25) is 4.79 Å². The number of halogens is 1. The van der Waals surface area contributed by atoms with Gasteiger partial charge in [0.1, 0.15) is 5.69 Å². The third kappa shape index (κ3) is 4.80. The Morgan fingerprint density at radius 1 is 1.12 bits per heavy atom. The van der Waals surface area contributed by atoms with Crippen LogP contribution in [0.5, 0.6) is 0 Å². The Balaban J connectivity index is 1.60. The van der Waals surface area contributed by atoms with Crippen molar-refractivity contribution in [3.8, 4) is 0 Å². The molecule has 1 amide bonds. The second kappa shape index (κ2) is 8.45. The van der Waals surface area contributed by atoms with E-state index < -0.39 is 0 Å². The fraction of sp³-hybridized carbons (Fsp3) is 0.150. The second-order valence-electron chi connectivity index (χ2n) is 5.85. The molecule has 3 rings (SSSR count). The van der Waals surface area contributed by atoms with Crippen LogP contribution in [-0.4, -0.2) is 22.4 Å². The second-order valence-corrected chi connectivity index (χ2v) is 6.25. The highest BCUT2D eigenvalue weighted by Crippen LogP contribution is 2.20. The highest BCUT2D eigenvalue weighted by atomic mass is 35.5. The summed E-state index contributed by atoms with van der Waals surface area (Å²) < 4.78 is 0. The Morgan fingerprint density at radius 2 is 1.92 bits per heavy atom. The van der Waals surface area contributed by atoms with Crippen LogP contribution in [0.15, 0.2) is 60.8 Å². The molecule has 1 aromatic heterocycles. The fourth-order valence-corrected chi connectivity index (χ4v) is 2.58. The average Bonchev–Trinajstić information content (AvgIpc) is 2.66. The predicted octanol–water partition coefficient (Wildman–Crippen LogP) is 4.35. The lowest BCUT2D eigenvalue weighted by molar-refractivity contribution is 0.102. The number of hydrogen-bond acceptors (Lipinski definition) is 4. The molecular weight excluding hydrogens is 348 g/mol. The van der Waals surface area contributed by atoms with E-state index in [4.69, 9.17) is 11.6 Å². The molecule has 0 atom stereocenters. The SMILES string of the molecule is Cc1ccc(NC(=O)c2ccnc(NCCc3ccccc3)n2)cc1Cl. The molecule has 0 aliphatic heterocycles. The van der Waals surface area contributed by atoms with Gasteiger partial charge in [-0.05, 0) is 42.7 Å². The number of carbonyl (C=O) groups excluding carboxylic acids is 1. The molecule has 5 nitrogen and oxygen atoms in total. The average molecular weight is 367 g/mol. The number of aromatic nitrogens is 2. The summed E-state index contributed by atoms with van der Waals surface area (Å²) in [7, 11) is 0. The molecule has 3 aromatic rings. The van der Waals surface area contributed by atoms with E-state index in [9.17, 15) is 4.79 Å². The Hall–Kier alpha value is -2.92. The minimum atomic E-state index is -0.307. The lowest BCUT2D eigenvalue weighted by Gasteiger charge is -2.08. The summed E-state index contributed by atoms with van der Waals surface area (Å²) in [5.74, 6) is 0.119. The Labute approximate surface area is 157 Å². The summed E-state index contributed by atoms with van der Waals surface area (Å²) in [6, 6.07) is 17.1. The van der Waals surface area contributed by atoms with Crippen molar-refractivity contribution in [2.45, 2.75) is 13.3 Å². The van der Waals surface area contributed by atoms with Crippen LogP contribution in [0.25, 0.3) is 0 Å². The van der Waals surface area contributed by atoms with Crippen molar-refractivity contribution in [1.82, 2.24) is 9.97 Å². The highest BCUT2D eigenvalue weighted by Gasteiger charge is 2.10. The molecule has 0 fully saturated rings. The molecule has 2 aromatic carbocycles. The van der Waals surface area contributed by atoms with E-state index in [0.717, 1.165) is 12.0 Å². The quantitative estimate of drug-likeness (QED) is 0.680. The van der Waals surface area contributed by atoms with Crippen molar-refractivity contribution in [2.75, 3.05) is 17.2 Å². The molecule has 6 heteroatoms. The number of aryl methyl sites for hydroxylation is 1. The minimum absolute atomic E-state index is 0.291. The maximum Gasteiger partial charge on any atom is 0.274 e. The van der Waals surface area contributed by atoms with Gasteiger partial charge in [-0.1, -0.05) is 48.0 Å². The Kier molecular flexibility index (Phi) is 5.81. The minimum Gasteiger partial charge on any atom is -0.354 e. The zero-order valence-corrected chi connectivity index (χ0v) is 15.1. The third-order valence-electron chi connectivity index (χ3n) is 3.86. The molecule has 2 N–H and O–H groups in total. The van der Waals surface area contributed by atoms with Crippen molar-refractivity contribution in [3.05, 3.63) is 82.6 Å². The number of amides is 1. The maximum absolute atomic E-state index is 12.4. The summed E-state index contributed by atoms with van der Waals surface area (Å²) in [6.07, 6.45) is 2.41. The van der Waals surface area contributed by atoms with Crippen LogP contribution < -0.4 is 10.6 Å². The first-order valence-corrected chi connectivity index (χ1v) is 8.68. The van der Waals surface area contributed by atoms with Crippen molar-refractivity contribution in [2.24, 2.45) is 0 Å². The van der Waals surface area contributed by atoms with Gasteiger partial charge in [0.05, 0.1) is 0 Å². The van der Waals surface area contributed by atoms with Crippen molar-refractivity contribution in [3.63, 3.8) is 0 Å². The lowest BCUT2D eigenvalue weighted by Crippen LogP contribution is -2.16. The number of rotatable bonds is 6. The first kappa shape index (κ1) is 17.9. The van der Waals surface area contributed by atoms with E-state index in [0.29, 0.717) is 28.9 Å². The van der Waals surface area contributed by atoms with Crippen LogP contribution in [0, 0.1) is 6.92 Å². The molecule has 132 valence electrons. The van der Waals surface area contributed by atoms with Crippen LogP contribution in [0.4, 0.5) is 11.6 Å². The molecule has 0 aliphatic rings. The summed E-state index contributed by atoms with van der Waals surface area (Å²) in [5.41, 5.74) is 3.10. The summed E-state index contributed by atoms with van der Waals surface area (Å²) in [5, 5.41) is 6.54. The summed E-state index contributed by atoms with van der Waals surface area (Å²) in [4.78, 5) is 20.8. The first-order chi connectivity index (χ1) is 12.6. The molecule has 0 unspecified atom stereocenters. The number of hydrogen-bond donors (Lipinski definition) is 2. The third-order valence-corrected chi connectivity index (χ3v) is 4.26. The van der Waals surface area contributed by atoms with E-state index in [1.807, 2.05) is 31.2 Å². The van der Waals surface area contributed by atoms with Crippen LogP contribution in [0.3, 0.4) is 0 Å². The van der Waals surface area contributed by atoms with Crippen molar-refractivity contribution < 1.29 is 4.79 Å². The van der Waals surface area contributed by atoms with Gasteiger partial charge in [0, 0.05) is 23.5 Å². The zero-order valence-electron chi connectivity index (χ0n) is 14.4. The molecule has 0 spiro atoms. The molecule has 0 aliphatic carbocycles. The van der Waals surface area contributed by atoms with E-state index >= 15 is 0 Å². The number of benzene rings is 2. The van der Waals surface area contributed by atoms with E-state index in [-0.39, 0.29) is 5.91 Å². The van der Waals surface area contributed by atoms with E-state index in [2.05, 4.69) is 32.7 Å². The number of nitrogens with zero attached hydrogens (tertiary/aromatic N) is 2. The van der Waals surface area contributed by atoms with Gasteiger partial charge < -0.3 is 10.6 Å². The number of nitrogens with one attached hydrogen (secondary N) is 2. The number of anilines is 2. The van der Waals surface area contributed by atoms with Crippen LogP contribution in [-0.2, 0) is 6.42 Å². The molecule has 0 radical (unpaired) electrons. The van der Waals surface area contributed by atoms with Gasteiger partial charge in [-0.2, -0.15) is 0 Å². The van der Waals surface area contributed by atoms with Crippen LogP contribution in [0.1, 0.15) is 21.6 Å². The largest absolute Gasteiger partial charge is 0.354 e. The first-order valence-electron chi connectivity index (χ1n) is 8.30. The molecule has 0 bridgehead atoms. The zero-order chi connectivity index (χ0) is 18.4. The monoisotopic (exact) mass is 366 g/mol. The Morgan fingerprint density at radius 3 is 2.69 bits per heavy atom. The molecule has 1 heterocycles. The fourth-order valence-electron chi connectivity index (χ4n) is 2.40. The molecular formula is C20H19ClN4O. The number of carbonyl (C=O) groups is 1. The summed E-state index contributed by atoms with van der Waals surface area (Å²) >= 11 is 6.09. The molecule has 0 saturated heterocycles. The standard InChI is InChI=1S/C20H19ClN4O/c1-14-7-8-16(13-17(14)21)24-19(26)18-10-12-23-20(25-18)22-11-9-15-5-3-2-4-6-15/h2-8,10,12-13H,9,11H2,1H3,(H,24,26)(H,22,23,25). The van der Waals surface area contributed by atoms with Gasteiger partial charge in [0.2, 0.25) is 5.95 Å².